The molecule has 2 nitrogen and oxygen atoms in total. The fourth-order valence-electron chi connectivity index (χ4n) is 0.434. The Bertz CT molecular complexity index is 105. The van der Waals surface area contributed by atoms with Crippen LogP contribution in [0.1, 0.15) is 33.6 Å². The molecule has 9 heavy (non-hydrogen) atoms. The lowest BCUT2D eigenvalue weighted by Crippen LogP contribution is -2.21. The second kappa shape index (κ2) is 2.85. The van der Waals surface area contributed by atoms with E-state index in [9.17, 15) is 4.79 Å². The van der Waals surface area contributed by atoms with Gasteiger partial charge in [-0.25, -0.2) is 0 Å². The van der Waals surface area contributed by atoms with Crippen molar-refractivity contribution in [3.8, 4) is 0 Å². The summed E-state index contributed by atoms with van der Waals surface area (Å²) < 4.78 is 0. The molecule has 0 aromatic carbocycles. The number of hydrogen-bond acceptors (Lipinski definition) is 1. The highest BCUT2D eigenvalue weighted by Crippen LogP contribution is 2.44. The molecule has 0 aromatic rings. The molecule has 54 valence electrons. The fourth-order valence-corrected chi connectivity index (χ4v) is 0.434. The minimum Gasteiger partial charge on any atom is -0.369 e. The summed E-state index contributed by atoms with van der Waals surface area (Å²) in [5.74, 6) is -0.146. The van der Waals surface area contributed by atoms with Crippen LogP contribution in [0.2, 0.25) is 0 Å². The molecule has 1 amide bonds. The molecule has 0 bridgehead atoms. The van der Waals surface area contributed by atoms with Crippen LogP contribution in [-0.2, 0) is 4.79 Å². The molecule has 2 heteroatoms. The Hall–Kier alpha value is -0.530. The summed E-state index contributed by atoms with van der Waals surface area (Å²) >= 11 is 0. The van der Waals surface area contributed by atoms with Crippen LogP contribution in [0.5, 0.6) is 0 Å². The highest BCUT2D eigenvalue weighted by molar-refractivity contribution is 5.82. The van der Waals surface area contributed by atoms with Crippen molar-refractivity contribution >= 4 is 5.91 Å². The number of carbonyl (C=O) groups excluding carboxylic acids is 1. The van der Waals surface area contributed by atoms with Gasteiger partial charge < -0.3 is 5.73 Å². The zero-order chi connectivity index (χ0) is 7.49. The van der Waals surface area contributed by atoms with Crippen molar-refractivity contribution in [3.63, 3.8) is 0 Å². The summed E-state index contributed by atoms with van der Waals surface area (Å²) in [6, 6.07) is 0. The van der Waals surface area contributed by atoms with Crippen molar-refractivity contribution in [1.29, 1.82) is 0 Å². The van der Waals surface area contributed by atoms with Crippen LogP contribution in [0.15, 0.2) is 0 Å². The lowest BCUT2D eigenvalue weighted by atomic mass is 10.1. The predicted octanol–water partition coefficient (Wildman–Crippen LogP) is 1.30. The van der Waals surface area contributed by atoms with E-state index >= 15 is 0 Å². The van der Waals surface area contributed by atoms with Gasteiger partial charge in [0, 0.05) is 5.41 Å². The quantitative estimate of drug-likeness (QED) is 0.569. The van der Waals surface area contributed by atoms with E-state index in [1.165, 1.54) is 0 Å². The Kier molecular flexibility index (Phi) is 2.68. The molecule has 0 saturated heterocycles. The fraction of sp³-hybridized carbons (Fsp3) is 0.857. The molecule has 1 aliphatic carbocycles. The van der Waals surface area contributed by atoms with Crippen LogP contribution >= 0.6 is 0 Å². The van der Waals surface area contributed by atoms with Crippen molar-refractivity contribution < 1.29 is 4.79 Å². The van der Waals surface area contributed by atoms with E-state index in [0.717, 1.165) is 12.8 Å². The van der Waals surface area contributed by atoms with E-state index in [0.29, 0.717) is 0 Å². The third-order valence-corrected chi connectivity index (χ3v) is 1.59. The first kappa shape index (κ1) is 8.47. The topological polar surface area (TPSA) is 43.1 Å². The molecule has 0 aliphatic heterocycles. The highest BCUT2D eigenvalue weighted by atomic mass is 16.1. The Morgan fingerprint density at radius 2 is 1.78 bits per heavy atom. The van der Waals surface area contributed by atoms with Gasteiger partial charge in [-0.1, -0.05) is 20.8 Å². The minimum absolute atomic E-state index is 0.111. The van der Waals surface area contributed by atoms with Crippen LogP contribution in [-0.4, -0.2) is 5.91 Å². The SMILES string of the molecule is CC.CC1(C(N)=O)CC1. The van der Waals surface area contributed by atoms with Crippen molar-refractivity contribution in [2.75, 3.05) is 0 Å². The van der Waals surface area contributed by atoms with E-state index < -0.39 is 0 Å². The summed E-state index contributed by atoms with van der Waals surface area (Å²) in [6.07, 6.45) is 1.98. The maximum atomic E-state index is 10.3. The number of rotatable bonds is 1. The van der Waals surface area contributed by atoms with Crippen LogP contribution < -0.4 is 5.73 Å². The third kappa shape index (κ3) is 2.04. The summed E-state index contributed by atoms with van der Waals surface area (Å²) in [4.78, 5) is 10.3. The highest BCUT2D eigenvalue weighted by Gasteiger charge is 2.43. The molecule has 0 spiro atoms. The molecular formula is C7H15NO. The maximum Gasteiger partial charge on any atom is 0.223 e. The monoisotopic (exact) mass is 129 g/mol. The number of amides is 1. The second-order valence-corrected chi connectivity index (χ2v) is 2.42. The number of nitrogens with two attached hydrogens (primary N) is 1. The summed E-state index contributed by atoms with van der Waals surface area (Å²) in [5, 5.41) is 0. The molecule has 2 N–H and O–H groups in total. The maximum absolute atomic E-state index is 10.3. The molecule has 1 fully saturated rings. The molecule has 0 heterocycles. The van der Waals surface area contributed by atoms with Crippen molar-refractivity contribution in [2.24, 2.45) is 11.1 Å². The first-order valence-corrected chi connectivity index (χ1v) is 3.45. The number of carbonyl (C=O) groups is 1. The van der Waals surface area contributed by atoms with Crippen LogP contribution in [0.25, 0.3) is 0 Å². The molecule has 0 aromatic heterocycles. The Balaban J connectivity index is 0.000000291. The first-order valence-electron chi connectivity index (χ1n) is 3.45. The Morgan fingerprint density at radius 3 is 1.78 bits per heavy atom. The zero-order valence-corrected chi connectivity index (χ0v) is 6.40. The minimum atomic E-state index is -0.146. The van der Waals surface area contributed by atoms with Gasteiger partial charge in [0.2, 0.25) is 5.91 Å². The van der Waals surface area contributed by atoms with Crippen LogP contribution in [0.3, 0.4) is 0 Å². The van der Waals surface area contributed by atoms with Crippen LogP contribution in [0.4, 0.5) is 0 Å². The number of primary amides is 1. The molecule has 1 aliphatic rings. The van der Waals surface area contributed by atoms with Gasteiger partial charge in [0.25, 0.3) is 0 Å². The average molecular weight is 129 g/mol. The van der Waals surface area contributed by atoms with E-state index in [1.807, 2.05) is 20.8 Å². The van der Waals surface area contributed by atoms with Gasteiger partial charge in [-0.3, -0.25) is 4.79 Å². The second-order valence-electron chi connectivity index (χ2n) is 2.42. The standard InChI is InChI=1S/C5H9NO.C2H6/c1-5(2-3-5)4(6)7;1-2/h2-3H2,1H3,(H2,6,7);1-2H3. The molecule has 0 radical (unpaired) electrons. The summed E-state index contributed by atoms with van der Waals surface area (Å²) in [5.41, 5.74) is 4.88. The molecule has 1 rings (SSSR count). The average Bonchev–Trinajstić information content (AvgIpc) is 2.55. The van der Waals surface area contributed by atoms with E-state index in [1.54, 1.807) is 0 Å². The molecule has 0 atom stereocenters. The van der Waals surface area contributed by atoms with E-state index in [4.69, 9.17) is 5.73 Å². The van der Waals surface area contributed by atoms with Crippen LogP contribution in [0, 0.1) is 5.41 Å². The van der Waals surface area contributed by atoms with E-state index in [2.05, 4.69) is 0 Å². The first-order chi connectivity index (χ1) is 4.15. The van der Waals surface area contributed by atoms with Gasteiger partial charge in [-0.15, -0.1) is 0 Å². The third-order valence-electron chi connectivity index (χ3n) is 1.59. The van der Waals surface area contributed by atoms with Gasteiger partial charge in [0.1, 0.15) is 0 Å². The molecule has 0 unspecified atom stereocenters. The van der Waals surface area contributed by atoms with Crippen molar-refractivity contribution in [1.82, 2.24) is 0 Å². The normalized spacial score (nSPS) is 19.4. The summed E-state index contributed by atoms with van der Waals surface area (Å²) in [6.45, 7) is 5.90. The van der Waals surface area contributed by atoms with Gasteiger partial charge in [0.15, 0.2) is 0 Å². The van der Waals surface area contributed by atoms with Crippen molar-refractivity contribution in [3.05, 3.63) is 0 Å². The van der Waals surface area contributed by atoms with Gasteiger partial charge in [0.05, 0.1) is 0 Å². The molecule has 1 saturated carbocycles. The van der Waals surface area contributed by atoms with Crippen molar-refractivity contribution in [2.45, 2.75) is 33.6 Å². The van der Waals surface area contributed by atoms with E-state index in [-0.39, 0.29) is 11.3 Å². The smallest absolute Gasteiger partial charge is 0.223 e. The summed E-state index contributed by atoms with van der Waals surface area (Å²) in [7, 11) is 0. The Morgan fingerprint density at radius 1 is 1.44 bits per heavy atom. The zero-order valence-electron chi connectivity index (χ0n) is 6.40. The predicted molar refractivity (Wildman–Crippen MR) is 37.9 cm³/mol. The lowest BCUT2D eigenvalue weighted by molar-refractivity contribution is -0.122. The Labute approximate surface area is 56.4 Å². The van der Waals surface area contributed by atoms with Gasteiger partial charge in [-0.2, -0.15) is 0 Å². The largest absolute Gasteiger partial charge is 0.369 e. The lowest BCUT2D eigenvalue weighted by Gasteiger charge is -1.96. The van der Waals surface area contributed by atoms with Gasteiger partial charge >= 0.3 is 0 Å². The van der Waals surface area contributed by atoms with Gasteiger partial charge in [-0.05, 0) is 12.8 Å². The number of hydrogen-bond donors (Lipinski definition) is 1. The molecular weight excluding hydrogens is 114 g/mol.